The van der Waals surface area contributed by atoms with E-state index in [0.717, 1.165) is 6.54 Å². The summed E-state index contributed by atoms with van der Waals surface area (Å²) in [5, 5.41) is 3.95. The molecular weight excluding hydrogens is 239 g/mol. The summed E-state index contributed by atoms with van der Waals surface area (Å²) in [6.45, 7) is 0.379. The Labute approximate surface area is 98.3 Å². The predicted octanol–water partition coefficient (Wildman–Crippen LogP) is 0.426. The van der Waals surface area contributed by atoms with Crippen molar-refractivity contribution in [1.82, 2.24) is 15.5 Å². The highest BCUT2D eigenvalue weighted by Crippen LogP contribution is 2.11. The van der Waals surface area contributed by atoms with Crippen molar-refractivity contribution in [3.05, 3.63) is 0 Å². The van der Waals surface area contributed by atoms with E-state index in [0.29, 0.717) is 6.61 Å². The van der Waals surface area contributed by atoms with Crippen molar-refractivity contribution in [2.75, 3.05) is 46.9 Å². The molecule has 0 atom stereocenters. The third-order valence-electron chi connectivity index (χ3n) is 1.66. The minimum absolute atomic E-state index is 0.178. The molecule has 0 aromatic carbocycles. The lowest BCUT2D eigenvalue weighted by Gasteiger charge is -2.11. The summed E-state index contributed by atoms with van der Waals surface area (Å²) in [6.07, 6.45) is -4.39. The molecule has 0 rings (SSSR count). The van der Waals surface area contributed by atoms with Crippen LogP contribution in [0.1, 0.15) is 0 Å². The zero-order valence-corrected chi connectivity index (χ0v) is 9.93. The Bertz CT molecular complexity index is 222. The van der Waals surface area contributed by atoms with Crippen LogP contribution < -0.4 is 10.6 Å². The van der Waals surface area contributed by atoms with Crippen LogP contribution in [0.3, 0.4) is 0 Å². The topological polar surface area (TPSA) is 53.6 Å². The first-order valence-corrected chi connectivity index (χ1v) is 5.12. The van der Waals surface area contributed by atoms with Crippen LogP contribution in [-0.2, 0) is 4.74 Å². The fourth-order valence-electron chi connectivity index (χ4n) is 0.829. The van der Waals surface area contributed by atoms with E-state index in [1.54, 1.807) is 5.32 Å². The first-order chi connectivity index (χ1) is 7.81. The van der Waals surface area contributed by atoms with Gasteiger partial charge in [0.15, 0.2) is 0 Å². The Morgan fingerprint density at radius 1 is 1.24 bits per heavy atom. The van der Waals surface area contributed by atoms with Crippen molar-refractivity contribution < 1.29 is 22.7 Å². The summed E-state index contributed by atoms with van der Waals surface area (Å²) in [6, 6.07) is -0.849. The molecule has 0 heterocycles. The number of carbonyl (C=O) groups is 1. The minimum Gasteiger partial charge on any atom is -0.378 e. The summed E-state index contributed by atoms with van der Waals surface area (Å²) in [5.74, 6) is 0. The van der Waals surface area contributed by atoms with Gasteiger partial charge in [0.1, 0.15) is 6.54 Å². The fraction of sp³-hybridized carbons (Fsp3) is 0.889. The van der Waals surface area contributed by atoms with Crippen LogP contribution in [0.15, 0.2) is 0 Å². The number of nitrogens with zero attached hydrogens (tertiary/aromatic N) is 1. The number of likely N-dealkylation sites (N-methyl/N-ethyl adjacent to an activating group) is 1. The number of carbonyl (C=O) groups excluding carboxylic acids is 1. The number of nitrogens with one attached hydrogen (secondary N) is 2. The molecular formula is C9H18F3N3O2. The zero-order valence-electron chi connectivity index (χ0n) is 9.93. The second kappa shape index (κ2) is 8.13. The second-order valence-electron chi connectivity index (χ2n) is 3.64. The van der Waals surface area contributed by atoms with E-state index < -0.39 is 18.8 Å². The third kappa shape index (κ3) is 12.9. The van der Waals surface area contributed by atoms with Gasteiger partial charge in [0.05, 0.1) is 13.2 Å². The largest absolute Gasteiger partial charge is 0.405 e. The lowest BCUT2D eigenvalue weighted by atomic mass is 10.6. The molecule has 0 radical (unpaired) electrons. The molecule has 17 heavy (non-hydrogen) atoms. The molecule has 0 spiro atoms. The van der Waals surface area contributed by atoms with Gasteiger partial charge < -0.3 is 20.3 Å². The molecule has 0 fully saturated rings. The maximum Gasteiger partial charge on any atom is 0.405 e. The molecule has 5 nitrogen and oxygen atoms in total. The molecule has 0 unspecified atom stereocenters. The second-order valence-corrected chi connectivity index (χ2v) is 3.64. The Morgan fingerprint density at radius 3 is 2.41 bits per heavy atom. The smallest absolute Gasteiger partial charge is 0.378 e. The van der Waals surface area contributed by atoms with Crippen molar-refractivity contribution in [3.63, 3.8) is 0 Å². The number of halogens is 3. The van der Waals surface area contributed by atoms with Gasteiger partial charge in [-0.3, -0.25) is 0 Å². The van der Waals surface area contributed by atoms with Gasteiger partial charge in [0, 0.05) is 13.1 Å². The van der Waals surface area contributed by atoms with Crippen molar-refractivity contribution in [2.45, 2.75) is 6.18 Å². The number of urea groups is 1. The molecule has 0 aromatic rings. The highest BCUT2D eigenvalue weighted by atomic mass is 19.4. The molecule has 0 saturated heterocycles. The Balaban J connectivity index is 3.34. The lowest BCUT2D eigenvalue weighted by Crippen LogP contribution is -2.41. The number of amides is 2. The van der Waals surface area contributed by atoms with E-state index in [2.05, 4.69) is 5.32 Å². The maximum absolute atomic E-state index is 11.7. The molecule has 0 aliphatic carbocycles. The van der Waals surface area contributed by atoms with Gasteiger partial charge in [-0.2, -0.15) is 13.2 Å². The van der Waals surface area contributed by atoms with E-state index in [1.807, 2.05) is 19.0 Å². The minimum atomic E-state index is -4.39. The van der Waals surface area contributed by atoms with Crippen LogP contribution in [0, 0.1) is 0 Å². The summed E-state index contributed by atoms with van der Waals surface area (Å²) >= 11 is 0. The third-order valence-corrected chi connectivity index (χ3v) is 1.66. The van der Waals surface area contributed by atoms with Crippen molar-refractivity contribution in [2.24, 2.45) is 0 Å². The van der Waals surface area contributed by atoms with Crippen LogP contribution >= 0.6 is 0 Å². The van der Waals surface area contributed by atoms with Gasteiger partial charge in [-0.15, -0.1) is 0 Å². The van der Waals surface area contributed by atoms with Gasteiger partial charge in [0.2, 0.25) is 0 Å². The monoisotopic (exact) mass is 257 g/mol. The molecule has 2 amide bonds. The first kappa shape index (κ1) is 16.0. The molecule has 0 aliphatic rings. The summed E-state index contributed by atoms with van der Waals surface area (Å²) in [5.41, 5.74) is 0. The highest BCUT2D eigenvalue weighted by molar-refractivity contribution is 5.73. The van der Waals surface area contributed by atoms with Gasteiger partial charge in [0.25, 0.3) is 0 Å². The maximum atomic E-state index is 11.7. The Kier molecular flexibility index (Phi) is 7.64. The van der Waals surface area contributed by atoms with E-state index >= 15 is 0 Å². The number of ether oxygens (including phenoxy) is 1. The number of alkyl halides is 3. The van der Waals surface area contributed by atoms with Gasteiger partial charge in [-0.05, 0) is 14.1 Å². The van der Waals surface area contributed by atoms with Crippen LogP contribution in [0.5, 0.6) is 0 Å². The van der Waals surface area contributed by atoms with Crippen molar-refractivity contribution in [3.8, 4) is 0 Å². The van der Waals surface area contributed by atoms with E-state index in [1.165, 1.54) is 0 Å². The molecule has 0 bridgehead atoms. The zero-order chi connectivity index (χ0) is 13.3. The molecule has 0 saturated carbocycles. The standard InChI is InChI=1S/C9H18F3N3O2/c1-15(2)4-6-17-5-3-13-8(16)14-7-9(10,11)12/h3-7H2,1-2H3,(H2,13,14,16). The number of hydrogen-bond donors (Lipinski definition) is 2. The number of hydrogen-bond acceptors (Lipinski definition) is 3. The predicted molar refractivity (Wildman–Crippen MR) is 56.8 cm³/mol. The molecule has 2 N–H and O–H groups in total. The quantitative estimate of drug-likeness (QED) is 0.650. The van der Waals surface area contributed by atoms with Crippen LogP contribution in [0.2, 0.25) is 0 Å². The summed E-state index contributed by atoms with van der Waals surface area (Å²) in [4.78, 5) is 12.8. The Hall–Kier alpha value is -1.02. The summed E-state index contributed by atoms with van der Waals surface area (Å²) in [7, 11) is 3.79. The van der Waals surface area contributed by atoms with E-state index in [-0.39, 0.29) is 13.2 Å². The van der Waals surface area contributed by atoms with E-state index in [4.69, 9.17) is 4.74 Å². The van der Waals surface area contributed by atoms with Gasteiger partial charge >= 0.3 is 12.2 Å². The van der Waals surface area contributed by atoms with Crippen LogP contribution in [-0.4, -0.2) is 64.1 Å². The SMILES string of the molecule is CN(C)CCOCCNC(=O)NCC(F)(F)F. The van der Waals surface area contributed by atoms with Crippen molar-refractivity contribution in [1.29, 1.82) is 0 Å². The molecule has 8 heteroatoms. The lowest BCUT2D eigenvalue weighted by molar-refractivity contribution is -0.122. The first-order valence-electron chi connectivity index (χ1n) is 5.12. The van der Waals surface area contributed by atoms with Crippen LogP contribution in [0.25, 0.3) is 0 Å². The highest BCUT2D eigenvalue weighted by Gasteiger charge is 2.27. The van der Waals surface area contributed by atoms with Crippen LogP contribution in [0.4, 0.5) is 18.0 Å². The van der Waals surface area contributed by atoms with Gasteiger partial charge in [-0.1, -0.05) is 0 Å². The van der Waals surface area contributed by atoms with E-state index in [9.17, 15) is 18.0 Å². The number of rotatable bonds is 7. The average Bonchev–Trinajstić information content (AvgIpc) is 2.19. The molecule has 0 aliphatic heterocycles. The normalized spacial score (nSPS) is 11.6. The average molecular weight is 257 g/mol. The molecule has 102 valence electrons. The molecule has 0 aromatic heterocycles. The van der Waals surface area contributed by atoms with Crippen molar-refractivity contribution >= 4 is 6.03 Å². The fourth-order valence-corrected chi connectivity index (χ4v) is 0.829. The van der Waals surface area contributed by atoms with Gasteiger partial charge in [-0.25, -0.2) is 4.79 Å². The Morgan fingerprint density at radius 2 is 1.88 bits per heavy atom. The summed E-state index contributed by atoms with van der Waals surface area (Å²) < 4.78 is 40.3.